The van der Waals surface area contributed by atoms with Crippen LogP contribution in [0.1, 0.15) is 37.6 Å². The third-order valence-electron chi connectivity index (χ3n) is 4.04. The summed E-state index contributed by atoms with van der Waals surface area (Å²) in [7, 11) is -5.85. The number of amides is 1. The fourth-order valence-corrected chi connectivity index (χ4v) is 2.93. The summed E-state index contributed by atoms with van der Waals surface area (Å²) in [6, 6.07) is -0.388. The Morgan fingerprint density at radius 3 is 2.48 bits per heavy atom. The molecule has 0 aromatic carbocycles. The topological polar surface area (TPSA) is 102 Å². The lowest BCUT2D eigenvalue weighted by atomic mass is 10.1. The van der Waals surface area contributed by atoms with Crippen molar-refractivity contribution >= 4 is 16.2 Å². The monoisotopic (exact) mass is 385 g/mol. The van der Waals surface area contributed by atoms with Gasteiger partial charge in [0.1, 0.15) is 0 Å². The van der Waals surface area contributed by atoms with Gasteiger partial charge in [0, 0.05) is 25.1 Å². The lowest BCUT2D eigenvalue weighted by Crippen LogP contribution is -2.32. The van der Waals surface area contributed by atoms with Crippen LogP contribution in [0.15, 0.2) is 0 Å². The van der Waals surface area contributed by atoms with Gasteiger partial charge in [0.25, 0.3) is 0 Å². The summed E-state index contributed by atoms with van der Waals surface area (Å²) < 4.78 is 66.5. The first kappa shape index (κ1) is 19.3. The molecular formula is C13H18F3N3O5S. The van der Waals surface area contributed by atoms with Gasteiger partial charge < -0.3 is 14.2 Å². The molecule has 1 amide bonds. The van der Waals surface area contributed by atoms with E-state index in [0.717, 1.165) is 9.58 Å². The van der Waals surface area contributed by atoms with Crippen molar-refractivity contribution in [3.63, 3.8) is 0 Å². The van der Waals surface area contributed by atoms with Gasteiger partial charge in [-0.1, -0.05) is 6.92 Å². The van der Waals surface area contributed by atoms with Crippen molar-refractivity contribution in [2.24, 2.45) is 0 Å². The molecule has 1 unspecified atom stereocenters. The molecule has 1 aliphatic rings. The smallest absolute Gasteiger partial charge is 0.465 e. The van der Waals surface area contributed by atoms with Gasteiger partial charge in [-0.25, -0.2) is 9.48 Å². The molecule has 1 aromatic heterocycles. The summed E-state index contributed by atoms with van der Waals surface area (Å²) in [5.41, 5.74) is -5.03. The minimum atomic E-state index is -5.85. The molecule has 142 valence electrons. The van der Waals surface area contributed by atoms with Crippen molar-refractivity contribution in [3.05, 3.63) is 11.3 Å². The largest absolute Gasteiger partial charge is 0.534 e. The van der Waals surface area contributed by atoms with Crippen LogP contribution in [0.4, 0.5) is 18.0 Å². The molecule has 0 radical (unpaired) electrons. The van der Waals surface area contributed by atoms with E-state index in [1.165, 1.54) is 0 Å². The molecule has 0 saturated carbocycles. The van der Waals surface area contributed by atoms with Crippen LogP contribution in [-0.4, -0.2) is 52.9 Å². The fourth-order valence-electron chi connectivity index (χ4n) is 2.45. The Morgan fingerprint density at radius 1 is 1.36 bits per heavy atom. The van der Waals surface area contributed by atoms with Crippen molar-refractivity contribution in [2.45, 2.75) is 44.7 Å². The third kappa shape index (κ3) is 3.83. The molecule has 0 bridgehead atoms. The average Bonchev–Trinajstić information content (AvgIpc) is 2.69. The molecule has 1 aromatic rings. The van der Waals surface area contributed by atoms with E-state index in [9.17, 15) is 26.4 Å². The molecule has 1 aliphatic heterocycles. The molecule has 0 fully saturated rings. The second-order valence-electron chi connectivity index (χ2n) is 5.69. The van der Waals surface area contributed by atoms with Crippen LogP contribution in [0.25, 0.3) is 0 Å². The zero-order valence-electron chi connectivity index (χ0n) is 13.6. The van der Waals surface area contributed by atoms with E-state index in [1.54, 1.807) is 13.8 Å². The molecule has 0 aliphatic carbocycles. The Hall–Kier alpha value is -1.98. The average molecular weight is 385 g/mol. The quantitative estimate of drug-likeness (QED) is 0.630. The number of hydrogen-bond donors (Lipinski definition) is 1. The Labute approximate surface area is 142 Å². The summed E-state index contributed by atoms with van der Waals surface area (Å²) in [6.07, 6.45) is -0.497. The SMILES string of the molecule is CCC(C)n1nc2c(c1OS(=O)(=O)C(F)(F)F)CCN(C(=O)O)CC2. The molecule has 0 spiro atoms. The Kier molecular flexibility index (Phi) is 5.21. The van der Waals surface area contributed by atoms with Gasteiger partial charge in [-0.2, -0.15) is 26.7 Å². The zero-order chi connectivity index (χ0) is 19.0. The molecule has 2 heterocycles. The van der Waals surface area contributed by atoms with E-state index in [1.807, 2.05) is 0 Å². The van der Waals surface area contributed by atoms with Crippen LogP contribution in [0.2, 0.25) is 0 Å². The van der Waals surface area contributed by atoms with E-state index >= 15 is 0 Å². The van der Waals surface area contributed by atoms with E-state index in [2.05, 4.69) is 9.28 Å². The number of carbonyl (C=O) groups is 1. The van der Waals surface area contributed by atoms with Gasteiger partial charge in [0.2, 0.25) is 5.88 Å². The molecular weight excluding hydrogens is 367 g/mol. The highest BCUT2D eigenvalue weighted by Crippen LogP contribution is 2.34. The van der Waals surface area contributed by atoms with Crippen LogP contribution in [-0.2, 0) is 23.0 Å². The summed E-state index contributed by atoms with van der Waals surface area (Å²) in [4.78, 5) is 12.2. The van der Waals surface area contributed by atoms with E-state index < -0.39 is 27.6 Å². The van der Waals surface area contributed by atoms with Crippen molar-refractivity contribution in [1.29, 1.82) is 0 Å². The van der Waals surface area contributed by atoms with Gasteiger partial charge in [-0.15, -0.1) is 0 Å². The van der Waals surface area contributed by atoms with Crippen LogP contribution in [0.5, 0.6) is 5.88 Å². The van der Waals surface area contributed by atoms with Crippen LogP contribution < -0.4 is 4.18 Å². The molecule has 1 N–H and O–H groups in total. The molecule has 25 heavy (non-hydrogen) atoms. The summed E-state index contributed by atoms with van der Waals surface area (Å²) in [5.74, 6) is -0.492. The zero-order valence-corrected chi connectivity index (χ0v) is 14.4. The van der Waals surface area contributed by atoms with Crippen molar-refractivity contribution in [3.8, 4) is 5.88 Å². The highest BCUT2D eigenvalue weighted by atomic mass is 32.2. The normalized spacial score (nSPS) is 16.9. The Bertz CT molecular complexity index is 760. The maximum atomic E-state index is 12.7. The third-order valence-corrected chi connectivity index (χ3v) is 4.99. The number of rotatable bonds is 4. The Morgan fingerprint density at radius 2 is 1.96 bits per heavy atom. The first-order valence-electron chi connectivity index (χ1n) is 7.56. The van der Waals surface area contributed by atoms with Crippen LogP contribution in [0, 0.1) is 0 Å². The van der Waals surface area contributed by atoms with Crippen molar-refractivity contribution in [2.75, 3.05) is 13.1 Å². The minimum absolute atomic E-state index is 0.0109. The molecule has 0 saturated heterocycles. The van der Waals surface area contributed by atoms with Gasteiger partial charge in [-0.05, 0) is 19.8 Å². The summed E-state index contributed by atoms with van der Waals surface area (Å²) >= 11 is 0. The highest BCUT2D eigenvalue weighted by molar-refractivity contribution is 7.87. The summed E-state index contributed by atoms with van der Waals surface area (Å²) in [6.45, 7) is 3.57. The lowest BCUT2D eigenvalue weighted by molar-refractivity contribution is -0.0503. The number of hydrogen-bond acceptors (Lipinski definition) is 5. The van der Waals surface area contributed by atoms with E-state index in [4.69, 9.17) is 5.11 Å². The minimum Gasteiger partial charge on any atom is -0.465 e. The van der Waals surface area contributed by atoms with Crippen LogP contribution in [0.3, 0.4) is 0 Å². The van der Waals surface area contributed by atoms with Gasteiger partial charge in [0.05, 0.1) is 11.7 Å². The van der Waals surface area contributed by atoms with Gasteiger partial charge in [-0.3, -0.25) is 0 Å². The first-order chi connectivity index (χ1) is 11.5. The molecule has 1 atom stereocenters. The molecule has 12 heteroatoms. The number of alkyl halides is 3. The second kappa shape index (κ2) is 6.73. The number of aromatic nitrogens is 2. The fraction of sp³-hybridized carbons (Fsp3) is 0.692. The number of fused-ring (bicyclic) bond motifs is 1. The highest BCUT2D eigenvalue weighted by Gasteiger charge is 2.49. The summed E-state index contributed by atoms with van der Waals surface area (Å²) in [5, 5.41) is 13.2. The number of halogens is 3. The predicted molar refractivity (Wildman–Crippen MR) is 79.8 cm³/mol. The lowest BCUT2D eigenvalue weighted by Gasteiger charge is -2.18. The van der Waals surface area contributed by atoms with Crippen molar-refractivity contribution < 1.29 is 35.7 Å². The molecule has 8 nitrogen and oxygen atoms in total. The maximum Gasteiger partial charge on any atom is 0.534 e. The second-order valence-corrected chi connectivity index (χ2v) is 7.22. The Balaban J connectivity index is 2.47. The maximum absolute atomic E-state index is 12.7. The van der Waals surface area contributed by atoms with E-state index in [0.29, 0.717) is 12.1 Å². The van der Waals surface area contributed by atoms with E-state index in [-0.39, 0.29) is 37.5 Å². The first-order valence-corrected chi connectivity index (χ1v) is 8.97. The predicted octanol–water partition coefficient (Wildman–Crippen LogP) is 2.16. The number of carboxylic acid groups (broad SMARTS) is 1. The van der Waals surface area contributed by atoms with Gasteiger partial charge in [0.15, 0.2) is 0 Å². The number of nitrogens with zero attached hydrogens (tertiary/aromatic N) is 3. The van der Waals surface area contributed by atoms with Crippen molar-refractivity contribution in [1.82, 2.24) is 14.7 Å². The molecule has 2 rings (SSSR count). The standard InChI is InChI=1S/C13H18F3N3O5S/c1-3-8(2)19-11(24-25(22,23)13(14,15)16)9-4-6-18(12(20)21)7-5-10(9)17-19/h8H,3-7H2,1-2H3,(H,20,21). The van der Waals surface area contributed by atoms with Gasteiger partial charge >= 0.3 is 21.7 Å². The van der Waals surface area contributed by atoms with Crippen LogP contribution >= 0.6 is 0 Å².